The highest BCUT2D eigenvalue weighted by Gasteiger charge is 2.28. The summed E-state index contributed by atoms with van der Waals surface area (Å²) >= 11 is 4.82. The Morgan fingerprint density at radius 2 is 1.23 bits per heavy atom. The lowest BCUT2D eigenvalue weighted by atomic mass is 10.2. The average Bonchev–Trinajstić information content (AvgIpc) is 2.54. The average molecular weight is 529 g/mol. The first-order valence-corrected chi connectivity index (χ1v) is 10.3. The van der Waals surface area contributed by atoms with Gasteiger partial charge in [-0.25, -0.2) is 0 Å². The molecule has 1 atom stereocenters. The number of rotatable bonds is 3. The summed E-state index contributed by atoms with van der Waals surface area (Å²) in [6, 6.07) is 26.5. The molecule has 0 spiro atoms. The number of hydrogen-bond donors (Lipinski definition) is 0. The molecule has 3 heteroatoms. The number of hydrogen-bond acceptors (Lipinski definition) is 0. The van der Waals surface area contributed by atoms with E-state index in [1.54, 1.807) is 0 Å². The smallest absolute Gasteiger partial charge is 0.0619 e. The molecule has 1 unspecified atom stereocenters. The molecule has 0 aliphatic rings. The summed E-state index contributed by atoms with van der Waals surface area (Å²) in [7, 11) is -0.0496. The van der Waals surface area contributed by atoms with Crippen LogP contribution in [0.15, 0.2) is 87.5 Å². The quantitative estimate of drug-likeness (QED) is 0.276. The van der Waals surface area contributed by atoms with E-state index >= 15 is 0 Å². The van der Waals surface area contributed by atoms with Crippen molar-refractivity contribution in [1.82, 2.24) is 0 Å². The minimum Gasteiger partial charge on any atom is -0.0619 e. The van der Waals surface area contributed by atoms with Gasteiger partial charge in [-0.05, 0) is 88.5 Å². The molecule has 110 valence electrons. The Kier molecular flexibility index (Phi) is 5.46. The van der Waals surface area contributed by atoms with Crippen molar-refractivity contribution in [2.75, 3.05) is 0 Å². The lowest BCUT2D eigenvalue weighted by Gasteiger charge is -2.09. The Labute approximate surface area is 162 Å². The summed E-state index contributed by atoms with van der Waals surface area (Å²) in [4.78, 5) is 4.11. The van der Waals surface area contributed by atoms with Crippen LogP contribution in [0.1, 0.15) is 5.56 Å². The lowest BCUT2D eigenvalue weighted by molar-refractivity contribution is 1.29. The van der Waals surface area contributed by atoms with E-state index in [4.69, 9.17) is 0 Å². The van der Waals surface area contributed by atoms with E-state index in [1.807, 2.05) is 0 Å². The second-order valence-corrected chi connectivity index (χ2v) is 9.36. The first-order chi connectivity index (χ1) is 10.6. The van der Waals surface area contributed by atoms with E-state index < -0.39 is 0 Å². The molecule has 3 aromatic rings. The van der Waals surface area contributed by atoms with Crippen LogP contribution < -0.4 is 0 Å². The predicted octanol–water partition coefficient (Wildman–Crippen LogP) is 6.30. The van der Waals surface area contributed by atoms with Gasteiger partial charge in [0.25, 0.3) is 0 Å². The molecule has 0 aliphatic heterocycles. The number of benzene rings is 3. The van der Waals surface area contributed by atoms with Crippen LogP contribution in [0, 0.1) is 14.1 Å². The molecule has 0 heterocycles. The van der Waals surface area contributed by atoms with E-state index in [0.717, 1.165) is 0 Å². The highest BCUT2D eigenvalue weighted by atomic mass is 127. The zero-order valence-electron chi connectivity index (χ0n) is 12.1. The van der Waals surface area contributed by atoms with Crippen molar-refractivity contribution in [2.45, 2.75) is 21.6 Å². The molecule has 0 nitrogen and oxygen atoms in total. The molecule has 22 heavy (non-hydrogen) atoms. The minimum atomic E-state index is -0.0496. The first kappa shape index (κ1) is 16.3. The van der Waals surface area contributed by atoms with Crippen LogP contribution in [0.4, 0.5) is 0 Å². The highest BCUT2D eigenvalue weighted by molar-refractivity contribution is 14.1. The fraction of sp³-hybridized carbons (Fsp3) is 0.0526. The van der Waals surface area contributed by atoms with Crippen LogP contribution in [-0.2, 0) is 10.9 Å². The summed E-state index contributed by atoms with van der Waals surface area (Å²) in [5, 5.41) is 0. The number of aryl methyl sites for hydroxylation is 1. The van der Waals surface area contributed by atoms with Crippen molar-refractivity contribution >= 4 is 56.1 Å². The molecule has 0 radical (unpaired) electrons. The summed E-state index contributed by atoms with van der Waals surface area (Å²) in [6.45, 7) is 2.14. The molecule has 0 aromatic heterocycles. The standard InChI is InChI=1S/C19H15I2S/c1-14-7-9-16(10-8-14)22(15-5-3-2-4-6-15)17-11-12-18(20)19(21)13-17/h2-13H,1H3/q+1. The second kappa shape index (κ2) is 7.36. The Hall–Kier alpha value is -0.530. The molecule has 3 aromatic carbocycles. The second-order valence-electron chi connectivity index (χ2n) is 5.01. The van der Waals surface area contributed by atoms with E-state index in [0.29, 0.717) is 0 Å². The van der Waals surface area contributed by atoms with Gasteiger partial charge >= 0.3 is 0 Å². The van der Waals surface area contributed by atoms with Gasteiger partial charge in [-0.15, -0.1) is 0 Å². The maximum absolute atomic E-state index is 2.42. The Balaban J connectivity index is 2.14. The Bertz CT molecular complexity index is 767. The zero-order valence-corrected chi connectivity index (χ0v) is 17.2. The Morgan fingerprint density at radius 3 is 1.86 bits per heavy atom. The SMILES string of the molecule is Cc1ccc([S+](c2ccccc2)c2ccc(I)c(I)c2)cc1. The summed E-state index contributed by atoms with van der Waals surface area (Å²) in [6.07, 6.45) is 0. The molecule has 0 amide bonds. The normalized spacial score (nSPS) is 12.1. The van der Waals surface area contributed by atoms with Crippen molar-refractivity contribution in [1.29, 1.82) is 0 Å². The van der Waals surface area contributed by atoms with Crippen LogP contribution in [0.25, 0.3) is 0 Å². The van der Waals surface area contributed by atoms with Crippen molar-refractivity contribution < 1.29 is 0 Å². The molecule has 0 bridgehead atoms. The van der Waals surface area contributed by atoms with Crippen molar-refractivity contribution in [3.63, 3.8) is 0 Å². The van der Waals surface area contributed by atoms with Crippen LogP contribution in [0.5, 0.6) is 0 Å². The largest absolute Gasteiger partial charge is 0.167 e. The van der Waals surface area contributed by atoms with Crippen molar-refractivity contribution in [3.8, 4) is 0 Å². The zero-order chi connectivity index (χ0) is 15.5. The van der Waals surface area contributed by atoms with Gasteiger partial charge in [-0.1, -0.05) is 35.9 Å². The van der Waals surface area contributed by atoms with Crippen LogP contribution in [0.2, 0.25) is 0 Å². The van der Waals surface area contributed by atoms with Crippen molar-refractivity contribution in [3.05, 3.63) is 85.5 Å². The molecular formula is C19H15I2S+. The molecule has 0 saturated heterocycles. The van der Waals surface area contributed by atoms with Gasteiger partial charge in [0.15, 0.2) is 14.7 Å². The predicted molar refractivity (Wildman–Crippen MR) is 112 cm³/mol. The van der Waals surface area contributed by atoms with Gasteiger partial charge in [0, 0.05) is 13.2 Å². The molecule has 0 aliphatic carbocycles. The Morgan fingerprint density at radius 1 is 0.636 bits per heavy atom. The maximum atomic E-state index is 2.42. The van der Waals surface area contributed by atoms with Crippen molar-refractivity contribution in [2.24, 2.45) is 0 Å². The maximum Gasteiger partial charge on any atom is 0.167 e. The van der Waals surface area contributed by atoms with Gasteiger partial charge in [0.2, 0.25) is 0 Å². The summed E-state index contributed by atoms with van der Waals surface area (Å²) in [5.74, 6) is 0. The fourth-order valence-corrected chi connectivity index (χ4v) is 5.40. The molecular weight excluding hydrogens is 514 g/mol. The first-order valence-electron chi connectivity index (χ1n) is 6.96. The van der Waals surface area contributed by atoms with E-state index in [1.165, 1.54) is 27.4 Å². The third-order valence-electron chi connectivity index (χ3n) is 3.36. The van der Waals surface area contributed by atoms with Gasteiger partial charge in [-0.3, -0.25) is 0 Å². The third-order valence-corrected chi connectivity index (χ3v) is 8.44. The minimum absolute atomic E-state index is 0.0496. The number of halogens is 2. The molecule has 3 rings (SSSR count). The van der Waals surface area contributed by atoms with Gasteiger partial charge < -0.3 is 0 Å². The van der Waals surface area contributed by atoms with E-state index in [9.17, 15) is 0 Å². The highest BCUT2D eigenvalue weighted by Crippen LogP contribution is 2.32. The molecule has 0 fully saturated rings. The van der Waals surface area contributed by atoms with Crippen LogP contribution in [0.3, 0.4) is 0 Å². The molecule has 0 saturated carbocycles. The summed E-state index contributed by atoms with van der Waals surface area (Å²) in [5.41, 5.74) is 1.30. The summed E-state index contributed by atoms with van der Waals surface area (Å²) < 4.78 is 2.62. The monoisotopic (exact) mass is 529 g/mol. The van der Waals surface area contributed by atoms with Gasteiger partial charge in [0.1, 0.15) is 0 Å². The van der Waals surface area contributed by atoms with Crippen LogP contribution in [-0.4, -0.2) is 0 Å². The fourth-order valence-electron chi connectivity index (χ4n) is 2.24. The lowest BCUT2D eigenvalue weighted by Crippen LogP contribution is -2.05. The third kappa shape index (κ3) is 3.68. The van der Waals surface area contributed by atoms with Crippen LogP contribution >= 0.6 is 45.2 Å². The topological polar surface area (TPSA) is 0 Å². The molecule has 0 N–H and O–H groups in total. The van der Waals surface area contributed by atoms with Gasteiger partial charge in [0.05, 0.1) is 10.9 Å². The van der Waals surface area contributed by atoms with Gasteiger partial charge in [-0.2, -0.15) is 0 Å². The van der Waals surface area contributed by atoms with E-state index in [2.05, 4.69) is 125 Å². The van der Waals surface area contributed by atoms with E-state index in [-0.39, 0.29) is 10.9 Å².